The lowest BCUT2D eigenvalue weighted by Gasteiger charge is -2.37. The Kier molecular flexibility index (Phi) is 4.82. The van der Waals surface area contributed by atoms with Crippen LogP contribution in [0.5, 0.6) is 0 Å². The highest BCUT2D eigenvalue weighted by Gasteiger charge is 2.19. The van der Waals surface area contributed by atoms with Crippen molar-refractivity contribution in [3.05, 3.63) is 53.3 Å². The maximum atomic E-state index is 7.48. The molecule has 0 atom stereocenters. The zero-order chi connectivity index (χ0) is 16.2. The molecule has 0 spiro atoms. The van der Waals surface area contributed by atoms with Crippen LogP contribution in [0.25, 0.3) is 0 Å². The van der Waals surface area contributed by atoms with Crippen LogP contribution in [0.1, 0.15) is 16.7 Å². The molecular formula is C19H26N4. The normalized spacial score (nSPS) is 15.8. The third-order valence-corrected chi connectivity index (χ3v) is 5.01. The van der Waals surface area contributed by atoms with E-state index in [1.807, 2.05) is 0 Å². The van der Waals surface area contributed by atoms with E-state index in [2.05, 4.69) is 64.9 Å². The molecule has 3 rings (SSSR count). The predicted molar refractivity (Wildman–Crippen MR) is 96.9 cm³/mol. The Morgan fingerprint density at radius 2 is 1.65 bits per heavy atom. The number of hydrogen-bond donors (Lipinski definition) is 1. The van der Waals surface area contributed by atoms with Crippen molar-refractivity contribution in [1.82, 2.24) is 9.47 Å². The van der Waals surface area contributed by atoms with E-state index in [9.17, 15) is 0 Å². The summed E-state index contributed by atoms with van der Waals surface area (Å²) in [5.74, 6) is 0. The van der Waals surface area contributed by atoms with Crippen LogP contribution in [0.4, 0.5) is 5.69 Å². The second-order valence-electron chi connectivity index (χ2n) is 6.32. The molecule has 1 aromatic carbocycles. The van der Waals surface area contributed by atoms with Crippen LogP contribution in [0.15, 0.2) is 36.7 Å². The first-order valence-corrected chi connectivity index (χ1v) is 8.38. The number of aromatic nitrogens is 1. The van der Waals surface area contributed by atoms with E-state index in [-0.39, 0.29) is 0 Å². The Hall–Kier alpha value is -2.07. The number of rotatable bonds is 5. The van der Waals surface area contributed by atoms with Crippen molar-refractivity contribution in [2.45, 2.75) is 20.4 Å². The highest BCUT2D eigenvalue weighted by atomic mass is 15.3. The molecule has 1 N–H and O–H groups in total. The van der Waals surface area contributed by atoms with Gasteiger partial charge in [-0.25, -0.2) is 0 Å². The Bertz CT molecular complexity index is 652. The highest BCUT2D eigenvalue weighted by molar-refractivity contribution is 5.81. The minimum Gasteiger partial charge on any atom is -0.369 e. The Balaban J connectivity index is 1.58. The summed E-state index contributed by atoms with van der Waals surface area (Å²) in [4.78, 5) is 5.03. The molecule has 0 radical (unpaired) electrons. The lowest BCUT2D eigenvalue weighted by atomic mass is 10.0. The summed E-state index contributed by atoms with van der Waals surface area (Å²) in [6.45, 7) is 10.9. The molecule has 2 aromatic rings. The maximum Gasteiger partial charge on any atom is 0.0399 e. The third-order valence-electron chi connectivity index (χ3n) is 5.01. The molecule has 1 aliphatic heterocycles. The van der Waals surface area contributed by atoms with E-state index in [4.69, 9.17) is 5.41 Å². The van der Waals surface area contributed by atoms with Crippen LogP contribution >= 0.6 is 0 Å². The summed E-state index contributed by atoms with van der Waals surface area (Å²) < 4.78 is 2.25. The quantitative estimate of drug-likeness (QED) is 0.862. The Morgan fingerprint density at radius 1 is 0.957 bits per heavy atom. The number of benzene rings is 1. The molecule has 122 valence electrons. The molecule has 0 unspecified atom stereocenters. The fourth-order valence-electron chi connectivity index (χ4n) is 3.31. The fourth-order valence-corrected chi connectivity index (χ4v) is 3.31. The van der Waals surface area contributed by atoms with Gasteiger partial charge in [0.1, 0.15) is 0 Å². The van der Waals surface area contributed by atoms with Crippen molar-refractivity contribution in [3.63, 3.8) is 0 Å². The van der Waals surface area contributed by atoms with Crippen LogP contribution in [-0.4, -0.2) is 48.4 Å². The van der Waals surface area contributed by atoms with Gasteiger partial charge >= 0.3 is 0 Å². The lowest BCUT2D eigenvalue weighted by molar-refractivity contribution is 0.248. The number of nitrogens with zero attached hydrogens (tertiary/aromatic N) is 3. The molecule has 1 aliphatic rings. The second kappa shape index (κ2) is 7.01. The molecule has 1 fully saturated rings. The first-order chi connectivity index (χ1) is 11.2. The summed E-state index contributed by atoms with van der Waals surface area (Å²) in [5.41, 5.74) is 4.90. The van der Waals surface area contributed by atoms with E-state index < -0.39 is 0 Å². The van der Waals surface area contributed by atoms with Crippen LogP contribution in [-0.2, 0) is 6.54 Å². The van der Waals surface area contributed by atoms with Gasteiger partial charge in [0.25, 0.3) is 0 Å². The van der Waals surface area contributed by atoms with Crippen LogP contribution in [0.2, 0.25) is 0 Å². The summed E-state index contributed by atoms with van der Waals surface area (Å²) in [6, 6.07) is 8.42. The molecule has 0 saturated carbocycles. The van der Waals surface area contributed by atoms with Gasteiger partial charge in [-0.05, 0) is 48.7 Å². The molecule has 1 aromatic heterocycles. The molecule has 4 heteroatoms. The van der Waals surface area contributed by atoms with E-state index in [1.54, 1.807) is 0 Å². The minimum absolute atomic E-state index is 1.02. The van der Waals surface area contributed by atoms with Crippen molar-refractivity contribution in [1.29, 1.82) is 5.41 Å². The van der Waals surface area contributed by atoms with Gasteiger partial charge in [-0.3, -0.25) is 4.90 Å². The zero-order valence-corrected chi connectivity index (χ0v) is 14.1. The summed E-state index contributed by atoms with van der Waals surface area (Å²) >= 11 is 0. The molecule has 4 nitrogen and oxygen atoms in total. The largest absolute Gasteiger partial charge is 0.369 e. The molecule has 2 heterocycles. The monoisotopic (exact) mass is 310 g/mol. The Labute approximate surface area is 138 Å². The van der Waals surface area contributed by atoms with Crippen molar-refractivity contribution >= 4 is 11.9 Å². The molecule has 1 saturated heterocycles. The van der Waals surface area contributed by atoms with Gasteiger partial charge in [0.05, 0.1) is 0 Å². The fraction of sp³-hybridized carbons (Fsp3) is 0.421. The van der Waals surface area contributed by atoms with E-state index in [1.165, 1.54) is 23.0 Å². The first kappa shape index (κ1) is 15.8. The van der Waals surface area contributed by atoms with Gasteiger partial charge in [-0.2, -0.15) is 0 Å². The van der Waals surface area contributed by atoms with E-state index in [0.29, 0.717) is 0 Å². The van der Waals surface area contributed by atoms with Crippen LogP contribution in [0.3, 0.4) is 0 Å². The molecule has 0 aliphatic carbocycles. The topological polar surface area (TPSA) is 35.3 Å². The van der Waals surface area contributed by atoms with Crippen LogP contribution in [0, 0.1) is 19.3 Å². The SMILES string of the molecule is Cc1c(C=N)ccc(N2CCN(CCn3cccc3)CC2)c1C. The Morgan fingerprint density at radius 3 is 2.30 bits per heavy atom. The third kappa shape index (κ3) is 3.48. The molecule has 0 amide bonds. The van der Waals surface area contributed by atoms with Crippen molar-refractivity contribution < 1.29 is 0 Å². The first-order valence-electron chi connectivity index (χ1n) is 8.38. The standard InChI is InChI=1S/C19H26N4/c1-16-17(2)19(6-5-18(16)15-20)23-13-11-22(12-14-23)10-9-21-7-3-4-8-21/h3-8,15,20H,9-14H2,1-2H3. The molecule has 23 heavy (non-hydrogen) atoms. The second-order valence-corrected chi connectivity index (χ2v) is 6.32. The highest BCUT2D eigenvalue weighted by Crippen LogP contribution is 2.26. The van der Waals surface area contributed by atoms with Crippen molar-refractivity contribution in [3.8, 4) is 0 Å². The number of hydrogen-bond acceptors (Lipinski definition) is 3. The number of nitrogens with one attached hydrogen (secondary N) is 1. The summed E-state index contributed by atoms with van der Waals surface area (Å²) in [5, 5.41) is 7.48. The lowest BCUT2D eigenvalue weighted by Crippen LogP contribution is -2.47. The summed E-state index contributed by atoms with van der Waals surface area (Å²) in [7, 11) is 0. The average molecular weight is 310 g/mol. The van der Waals surface area contributed by atoms with E-state index >= 15 is 0 Å². The average Bonchev–Trinajstić information content (AvgIpc) is 3.10. The van der Waals surface area contributed by atoms with Gasteiger partial charge in [0.2, 0.25) is 0 Å². The van der Waals surface area contributed by atoms with Crippen molar-refractivity contribution in [2.75, 3.05) is 37.6 Å². The minimum atomic E-state index is 1.02. The van der Waals surface area contributed by atoms with Crippen molar-refractivity contribution in [2.24, 2.45) is 0 Å². The number of piperazine rings is 1. The van der Waals surface area contributed by atoms with Gasteiger partial charge in [0, 0.05) is 63.6 Å². The van der Waals surface area contributed by atoms with E-state index in [0.717, 1.165) is 44.8 Å². The predicted octanol–water partition coefficient (Wildman–Crippen LogP) is 2.92. The van der Waals surface area contributed by atoms with Gasteiger partial charge < -0.3 is 14.9 Å². The van der Waals surface area contributed by atoms with Gasteiger partial charge in [-0.1, -0.05) is 6.07 Å². The molecular weight excluding hydrogens is 284 g/mol. The zero-order valence-electron chi connectivity index (χ0n) is 14.1. The van der Waals surface area contributed by atoms with Gasteiger partial charge in [0.15, 0.2) is 0 Å². The maximum absolute atomic E-state index is 7.48. The molecule has 0 bridgehead atoms. The summed E-state index contributed by atoms with van der Waals surface area (Å²) in [6.07, 6.45) is 5.71. The van der Waals surface area contributed by atoms with Crippen LogP contribution < -0.4 is 4.90 Å². The smallest absolute Gasteiger partial charge is 0.0399 e. The van der Waals surface area contributed by atoms with Gasteiger partial charge in [-0.15, -0.1) is 0 Å². The number of anilines is 1.